The van der Waals surface area contributed by atoms with Gasteiger partial charge < -0.3 is 4.74 Å². The van der Waals surface area contributed by atoms with Gasteiger partial charge in [0, 0.05) is 6.61 Å². The van der Waals surface area contributed by atoms with Crippen LogP contribution in [-0.2, 0) is 4.74 Å². The third kappa shape index (κ3) is 12.5. The van der Waals surface area contributed by atoms with Crippen LogP contribution in [-0.4, -0.2) is 13.2 Å². The van der Waals surface area contributed by atoms with Crippen LogP contribution in [0.3, 0.4) is 0 Å². The fourth-order valence-corrected chi connectivity index (χ4v) is 2.62. The Balaban J connectivity index is 2.11. The van der Waals surface area contributed by atoms with Crippen LogP contribution >= 0.6 is 0 Å². The predicted octanol–water partition coefficient (Wildman–Crippen LogP) is 6.20. The predicted molar refractivity (Wildman–Crippen MR) is 89.1 cm³/mol. The molecule has 0 atom stereocenters. The molecule has 1 heterocycles. The van der Waals surface area contributed by atoms with Gasteiger partial charge in [-0.05, 0) is 44.9 Å². The molecule has 1 aliphatic heterocycles. The van der Waals surface area contributed by atoms with Crippen LogP contribution in [0.4, 0.5) is 0 Å². The topological polar surface area (TPSA) is 9.23 Å². The molecule has 20 heavy (non-hydrogen) atoms. The summed E-state index contributed by atoms with van der Waals surface area (Å²) in [6.07, 6.45) is 26.6. The summed E-state index contributed by atoms with van der Waals surface area (Å²) < 4.78 is 5.62. The van der Waals surface area contributed by atoms with E-state index in [1.165, 1.54) is 83.5 Å². The second-order valence-corrected chi connectivity index (χ2v) is 5.92. The highest BCUT2D eigenvalue weighted by molar-refractivity contribution is 4.82. The summed E-state index contributed by atoms with van der Waals surface area (Å²) in [5.74, 6) is 0. The number of ether oxygens (including phenoxy) is 1. The zero-order valence-corrected chi connectivity index (χ0v) is 13.3. The van der Waals surface area contributed by atoms with E-state index in [1.807, 2.05) is 0 Å². The Morgan fingerprint density at radius 1 is 0.450 bits per heavy atom. The molecule has 1 aliphatic rings. The number of rotatable bonds is 0. The first-order valence-corrected chi connectivity index (χ1v) is 8.88. The third-order valence-electron chi connectivity index (χ3n) is 3.95. The Kier molecular flexibility index (Phi) is 13.0. The first-order chi connectivity index (χ1) is 10.0. The summed E-state index contributed by atoms with van der Waals surface area (Å²) in [5, 5.41) is 0. The number of hydrogen-bond acceptors (Lipinski definition) is 1. The van der Waals surface area contributed by atoms with E-state index in [-0.39, 0.29) is 0 Å². The molecule has 0 aliphatic carbocycles. The van der Waals surface area contributed by atoms with E-state index < -0.39 is 0 Å². The molecule has 116 valence electrons. The van der Waals surface area contributed by atoms with Crippen molar-refractivity contribution in [3.8, 4) is 0 Å². The lowest BCUT2D eigenvalue weighted by molar-refractivity contribution is 0.157. The van der Waals surface area contributed by atoms with Gasteiger partial charge in [-0.2, -0.15) is 0 Å². The fourth-order valence-electron chi connectivity index (χ4n) is 2.62. The molecule has 1 nitrogen and oxygen atoms in total. The Morgan fingerprint density at radius 3 is 1.50 bits per heavy atom. The molecule has 0 radical (unpaired) electrons. The van der Waals surface area contributed by atoms with Crippen LogP contribution in [0, 0.1) is 0 Å². The van der Waals surface area contributed by atoms with Crippen molar-refractivity contribution in [1.82, 2.24) is 0 Å². The molecule has 0 amide bonds. The molecule has 1 heteroatoms. The monoisotopic (exact) mass is 278 g/mol. The lowest BCUT2D eigenvalue weighted by Crippen LogP contribution is -1.94. The molecular formula is C19H34O. The molecule has 0 saturated heterocycles. The molecule has 0 N–H and O–H groups in total. The molecule has 0 fully saturated rings. The van der Waals surface area contributed by atoms with E-state index >= 15 is 0 Å². The van der Waals surface area contributed by atoms with Crippen LogP contribution in [0.1, 0.15) is 83.5 Å². The van der Waals surface area contributed by atoms with Crippen molar-refractivity contribution >= 4 is 0 Å². The quantitative estimate of drug-likeness (QED) is 0.479. The van der Waals surface area contributed by atoms with Gasteiger partial charge >= 0.3 is 0 Å². The van der Waals surface area contributed by atoms with E-state index in [0.29, 0.717) is 0 Å². The first kappa shape index (κ1) is 17.5. The molecule has 0 aromatic carbocycles. The van der Waals surface area contributed by atoms with Gasteiger partial charge in [-0.1, -0.05) is 62.8 Å². The molecular weight excluding hydrogens is 244 g/mol. The highest BCUT2D eigenvalue weighted by atomic mass is 16.5. The van der Waals surface area contributed by atoms with E-state index in [9.17, 15) is 0 Å². The molecule has 0 unspecified atom stereocenters. The SMILES string of the molecule is C1=CCCCCCCCOC/C=C/CCCCCCC1. The van der Waals surface area contributed by atoms with Crippen molar-refractivity contribution < 1.29 is 4.74 Å². The van der Waals surface area contributed by atoms with Gasteiger partial charge in [-0.25, -0.2) is 0 Å². The van der Waals surface area contributed by atoms with Crippen LogP contribution in [0.25, 0.3) is 0 Å². The molecule has 0 spiro atoms. The summed E-state index contributed by atoms with van der Waals surface area (Å²) >= 11 is 0. The van der Waals surface area contributed by atoms with Crippen LogP contribution in [0.5, 0.6) is 0 Å². The Bertz CT molecular complexity index is 218. The standard InChI is InChI=1S/C19H34O/c1-2-4-6-8-10-12-14-16-18-20-19-17-15-13-11-9-7-5-3-1/h2,4,15,17H,1,3,5-14,16,18-19H2/b4-2?,17-15+. The maximum atomic E-state index is 5.62. The minimum absolute atomic E-state index is 0.810. The first-order valence-electron chi connectivity index (χ1n) is 8.88. The minimum Gasteiger partial charge on any atom is -0.377 e. The largest absolute Gasteiger partial charge is 0.377 e. The van der Waals surface area contributed by atoms with Crippen molar-refractivity contribution in [2.45, 2.75) is 83.5 Å². The summed E-state index contributed by atoms with van der Waals surface area (Å²) in [5.41, 5.74) is 0. The van der Waals surface area contributed by atoms with Crippen molar-refractivity contribution in [2.24, 2.45) is 0 Å². The smallest absolute Gasteiger partial charge is 0.0647 e. The second-order valence-electron chi connectivity index (χ2n) is 5.92. The van der Waals surface area contributed by atoms with Gasteiger partial charge in [-0.15, -0.1) is 0 Å². The molecule has 0 saturated carbocycles. The summed E-state index contributed by atoms with van der Waals surface area (Å²) in [4.78, 5) is 0. The van der Waals surface area contributed by atoms with Crippen molar-refractivity contribution in [3.63, 3.8) is 0 Å². The molecule has 0 aromatic heterocycles. The zero-order chi connectivity index (χ0) is 14.1. The van der Waals surface area contributed by atoms with E-state index in [1.54, 1.807) is 0 Å². The Hall–Kier alpha value is -0.560. The van der Waals surface area contributed by atoms with Gasteiger partial charge in [-0.3, -0.25) is 0 Å². The third-order valence-corrected chi connectivity index (χ3v) is 3.95. The van der Waals surface area contributed by atoms with Crippen LogP contribution in [0.2, 0.25) is 0 Å². The molecule has 1 rings (SSSR count). The fraction of sp³-hybridized carbons (Fsp3) is 0.789. The molecule has 0 bridgehead atoms. The summed E-state index contributed by atoms with van der Waals surface area (Å²) in [6.45, 7) is 1.75. The van der Waals surface area contributed by atoms with Gasteiger partial charge in [0.2, 0.25) is 0 Å². The highest BCUT2D eigenvalue weighted by Crippen LogP contribution is 2.10. The van der Waals surface area contributed by atoms with Crippen LogP contribution < -0.4 is 0 Å². The van der Waals surface area contributed by atoms with E-state index in [2.05, 4.69) is 24.3 Å². The van der Waals surface area contributed by atoms with Crippen molar-refractivity contribution in [1.29, 1.82) is 0 Å². The second kappa shape index (κ2) is 14.8. The lowest BCUT2D eigenvalue weighted by atomic mass is 10.1. The minimum atomic E-state index is 0.810. The van der Waals surface area contributed by atoms with Gasteiger partial charge in [0.1, 0.15) is 0 Å². The van der Waals surface area contributed by atoms with Crippen molar-refractivity contribution in [2.75, 3.05) is 13.2 Å². The normalized spacial score (nSPS) is 24.0. The summed E-state index contributed by atoms with van der Waals surface area (Å²) in [7, 11) is 0. The molecule has 0 aromatic rings. The average molecular weight is 278 g/mol. The van der Waals surface area contributed by atoms with Crippen LogP contribution in [0.15, 0.2) is 24.3 Å². The van der Waals surface area contributed by atoms with Gasteiger partial charge in [0.05, 0.1) is 6.61 Å². The number of hydrogen-bond donors (Lipinski definition) is 0. The maximum Gasteiger partial charge on any atom is 0.0647 e. The number of allylic oxidation sites excluding steroid dienone is 3. The van der Waals surface area contributed by atoms with Crippen molar-refractivity contribution in [3.05, 3.63) is 24.3 Å². The maximum absolute atomic E-state index is 5.62. The highest BCUT2D eigenvalue weighted by Gasteiger charge is 1.92. The van der Waals surface area contributed by atoms with Gasteiger partial charge in [0.25, 0.3) is 0 Å². The van der Waals surface area contributed by atoms with E-state index in [4.69, 9.17) is 4.74 Å². The Labute approximate surface area is 126 Å². The summed E-state index contributed by atoms with van der Waals surface area (Å²) in [6, 6.07) is 0. The lowest BCUT2D eigenvalue weighted by Gasteiger charge is -2.02. The Morgan fingerprint density at radius 2 is 0.900 bits per heavy atom. The average Bonchev–Trinajstić information content (AvgIpc) is 2.46. The van der Waals surface area contributed by atoms with Gasteiger partial charge in [0.15, 0.2) is 0 Å². The zero-order valence-electron chi connectivity index (χ0n) is 13.3. The van der Waals surface area contributed by atoms with E-state index in [0.717, 1.165) is 13.2 Å².